The summed E-state index contributed by atoms with van der Waals surface area (Å²) in [6.07, 6.45) is 15.5. The highest BCUT2D eigenvalue weighted by molar-refractivity contribution is 6.16. The molecular weight excluding hydrogens is 332 g/mol. The summed E-state index contributed by atoms with van der Waals surface area (Å²) < 4.78 is 0. The first-order valence-electron chi connectivity index (χ1n) is 9.68. The molecule has 0 aromatic rings. The lowest BCUT2D eigenvalue weighted by atomic mass is 10.0. The highest BCUT2D eigenvalue weighted by atomic mass is 16.2. The Morgan fingerprint density at radius 3 is 1.08 bits per heavy atom. The van der Waals surface area contributed by atoms with E-state index in [1.807, 2.05) is 0 Å². The smallest absolute Gasteiger partial charge is 0.254 e. The highest BCUT2D eigenvalue weighted by Crippen LogP contribution is 2.17. The van der Waals surface area contributed by atoms with Crippen molar-refractivity contribution in [2.24, 2.45) is 0 Å². The fourth-order valence-corrected chi connectivity index (χ4v) is 3.32. The first-order chi connectivity index (χ1) is 12.6. The van der Waals surface area contributed by atoms with Gasteiger partial charge in [-0.2, -0.15) is 0 Å². The van der Waals surface area contributed by atoms with Gasteiger partial charge in [0.15, 0.2) is 0 Å². The molecule has 2 aliphatic heterocycles. The summed E-state index contributed by atoms with van der Waals surface area (Å²) in [7, 11) is 0. The van der Waals surface area contributed by atoms with Gasteiger partial charge in [-0.15, -0.1) is 0 Å². The summed E-state index contributed by atoms with van der Waals surface area (Å²) in [5, 5.41) is 4.54. The maximum atomic E-state index is 11.4. The third kappa shape index (κ3) is 6.94. The number of hydrogen-bond acceptors (Lipinski definition) is 4. The summed E-state index contributed by atoms with van der Waals surface area (Å²) in [6, 6.07) is 0. The Kier molecular flexibility index (Phi) is 8.25. The van der Waals surface area contributed by atoms with Gasteiger partial charge in [-0.1, -0.05) is 51.4 Å². The zero-order valence-electron chi connectivity index (χ0n) is 15.3. The quantitative estimate of drug-likeness (QED) is 0.390. The van der Waals surface area contributed by atoms with Crippen LogP contribution in [0.3, 0.4) is 0 Å². The summed E-state index contributed by atoms with van der Waals surface area (Å²) >= 11 is 0. The minimum atomic E-state index is -0.290. The Balaban J connectivity index is 1.35. The van der Waals surface area contributed by atoms with Crippen LogP contribution < -0.4 is 10.6 Å². The number of imide groups is 2. The third-order valence-electron chi connectivity index (χ3n) is 4.81. The Hall–Kier alpha value is -2.24. The van der Waals surface area contributed by atoms with Crippen LogP contribution in [0.5, 0.6) is 0 Å². The molecule has 0 saturated heterocycles. The summed E-state index contributed by atoms with van der Waals surface area (Å²) in [5.41, 5.74) is 1.23. The lowest BCUT2D eigenvalue weighted by molar-refractivity contribution is -0.125. The maximum Gasteiger partial charge on any atom is 0.254 e. The van der Waals surface area contributed by atoms with Crippen molar-refractivity contribution in [1.29, 1.82) is 0 Å². The van der Waals surface area contributed by atoms with Crippen LogP contribution in [0.25, 0.3) is 0 Å². The molecule has 0 aliphatic carbocycles. The van der Waals surface area contributed by atoms with Gasteiger partial charge in [0.25, 0.3) is 23.6 Å². The molecule has 2 N–H and O–H groups in total. The van der Waals surface area contributed by atoms with Gasteiger partial charge in [0.05, 0.1) is 0 Å². The largest absolute Gasteiger partial charge is 0.289 e. The summed E-state index contributed by atoms with van der Waals surface area (Å²) in [6.45, 7) is 0. The van der Waals surface area contributed by atoms with E-state index < -0.39 is 0 Å². The number of unbranched alkanes of at least 4 members (excludes halogenated alkanes) is 9. The second-order valence-electron chi connectivity index (χ2n) is 7.01. The van der Waals surface area contributed by atoms with Crippen LogP contribution in [0, 0.1) is 0 Å². The van der Waals surface area contributed by atoms with Gasteiger partial charge < -0.3 is 0 Å². The number of amides is 4. The van der Waals surface area contributed by atoms with E-state index in [4.69, 9.17) is 0 Å². The zero-order valence-corrected chi connectivity index (χ0v) is 15.3. The predicted molar refractivity (Wildman–Crippen MR) is 97.9 cm³/mol. The lowest BCUT2D eigenvalue weighted by Crippen LogP contribution is -2.22. The van der Waals surface area contributed by atoms with Crippen molar-refractivity contribution in [3.8, 4) is 0 Å². The number of carbonyl (C=O) groups excluding carboxylic acids is 4. The molecular formula is C20H28N2O4. The summed E-state index contributed by atoms with van der Waals surface area (Å²) in [4.78, 5) is 44.8. The van der Waals surface area contributed by atoms with Gasteiger partial charge in [0.2, 0.25) is 0 Å². The van der Waals surface area contributed by atoms with E-state index in [-0.39, 0.29) is 23.6 Å². The van der Waals surface area contributed by atoms with E-state index >= 15 is 0 Å². The van der Waals surface area contributed by atoms with E-state index in [0.717, 1.165) is 25.7 Å². The van der Waals surface area contributed by atoms with Gasteiger partial charge in [-0.05, 0) is 25.7 Å². The average Bonchev–Trinajstić information content (AvgIpc) is 3.08. The van der Waals surface area contributed by atoms with Crippen LogP contribution >= 0.6 is 0 Å². The molecule has 0 atom stereocenters. The molecule has 4 amide bonds. The molecule has 0 aromatic carbocycles. The van der Waals surface area contributed by atoms with Crippen molar-refractivity contribution >= 4 is 23.6 Å². The van der Waals surface area contributed by atoms with Crippen LogP contribution in [0.2, 0.25) is 0 Å². The molecule has 2 heterocycles. The van der Waals surface area contributed by atoms with Crippen molar-refractivity contribution < 1.29 is 19.2 Å². The van der Waals surface area contributed by atoms with Gasteiger partial charge in [-0.25, -0.2) is 0 Å². The van der Waals surface area contributed by atoms with Crippen molar-refractivity contribution in [2.75, 3.05) is 0 Å². The van der Waals surface area contributed by atoms with E-state index in [0.29, 0.717) is 24.0 Å². The Labute approximate surface area is 154 Å². The molecule has 0 fully saturated rings. The molecule has 0 radical (unpaired) electrons. The van der Waals surface area contributed by atoms with Crippen molar-refractivity contribution in [1.82, 2.24) is 10.6 Å². The molecule has 142 valence electrons. The molecule has 2 aliphatic rings. The van der Waals surface area contributed by atoms with E-state index in [2.05, 4.69) is 10.6 Å². The van der Waals surface area contributed by atoms with Gasteiger partial charge in [0.1, 0.15) is 0 Å². The maximum absolute atomic E-state index is 11.4. The number of nitrogens with one attached hydrogen (secondary N) is 2. The predicted octanol–water partition coefficient (Wildman–Crippen LogP) is 2.83. The molecule has 0 spiro atoms. The van der Waals surface area contributed by atoms with Crippen LogP contribution in [0.15, 0.2) is 23.3 Å². The molecule has 26 heavy (non-hydrogen) atoms. The summed E-state index contributed by atoms with van der Waals surface area (Å²) in [5.74, 6) is -1.04. The van der Waals surface area contributed by atoms with Gasteiger partial charge in [0, 0.05) is 23.3 Å². The molecule has 6 nitrogen and oxygen atoms in total. The third-order valence-corrected chi connectivity index (χ3v) is 4.81. The Morgan fingerprint density at radius 2 is 0.808 bits per heavy atom. The van der Waals surface area contributed by atoms with Crippen LogP contribution in [-0.2, 0) is 19.2 Å². The minimum Gasteiger partial charge on any atom is -0.289 e. The standard InChI is InChI=1S/C20H28N2O4/c23-17-13-15(19(25)21-17)11-9-7-5-3-1-2-4-6-8-10-12-16-14-18(24)22-20(16)26/h13-14H,1-12H2,(H,21,23,25)(H,22,24,26). The Morgan fingerprint density at radius 1 is 0.500 bits per heavy atom. The van der Waals surface area contributed by atoms with Crippen molar-refractivity contribution in [2.45, 2.75) is 77.0 Å². The number of carbonyl (C=O) groups is 4. The lowest BCUT2D eigenvalue weighted by Gasteiger charge is -2.03. The first-order valence-corrected chi connectivity index (χ1v) is 9.68. The average molecular weight is 360 g/mol. The van der Waals surface area contributed by atoms with E-state index in [1.54, 1.807) is 0 Å². The monoisotopic (exact) mass is 360 g/mol. The van der Waals surface area contributed by atoms with Crippen LogP contribution in [0.1, 0.15) is 77.0 Å². The molecule has 0 unspecified atom stereocenters. The number of rotatable bonds is 13. The zero-order chi connectivity index (χ0) is 18.8. The molecule has 0 aromatic heterocycles. The van der Waals surface area contributed by atoms with Crippen molar-refractivity contribution in [3.63, 3.8) is 0 Å². The second kappa shape index (κ2) is 10.7. The van der Waals surface area contributed by atoms with Gasteiger partial charge >= 0.3 is 0 Å². The first kappa shape index (κ1) is 20.1. The molecule has 2 rings (SSSR count). The second-order valence-corrected chi connectivity index (χ2v) is 7.01. The van der Waals surface area contributed by atoms with E-state index in [1.165, 1.54) is 50.7 Å². The van der Waals surface area contributed by atoms with Crippen molar-refractivity contribution in [3.05, 3.63) is 23.3 Å². The fraction of sp³-hybridized carbons (Fsp3) is 0.600. The molecule has 0 saturated carbocycles. The fourth-order valence-electron chi connectivity index (χ4n) is 3.32. The normalized spacial score (nSPS) is 16.6. The SMILES string of the molecule is O=C1C=C(CCCCCCCCCCCCC2=CC(=O)NC2=O)C(=O)N1. The molecule has 0 bridgehead atoms. The highest BCUT2D eigenvalue weighted by Gasteiger charge is 2.20. The Bertz CT molecular complexity index is 565. The van der Waals surface area contributed by atoms with E-state index in [9.17, 15) is 19.2 Å². The van der Waals surface area contributed by atoms with Crippen LogP contribution in [0.4, 0.5) is 0 Å². The van der Waals surface area contributed by atoms with Gasteiger partial charge in [-0.3, -0.25) is 29.8 Å². The minimum absolute atomic E-state index is 0.230. The molecule has 6 heteroatoms. The number of hydrogen-bond donors (Lipinski definition) is 2. The van der Waals surface area contributed by atoms with Crippen LogP contribution in [-0.4, -0.2) is 23.6 Å². The topological polar surface area (TPSA) is 92.3 Å².